The van der Waals surface area contributed by atoms with Crippen molar-refractivity contribution in [1.29, 1.82) is 0 Å². The van der Waals surface area contributed by atoms with Crippen molar-refractivity contribution in [3.05, 3.63) is 40.1 Å². The van der Waals surface area contributed by atoms with Gasteiger partial charge >= 0.3 is 6.09 Å². The second-order valence-electron chi connectivity index (χ2n) is 12.6. The zero-order valence-corrected chi connectivity index (χ0v) is 25.4. The van der Waals surface area contributed by atoms with Crippen molar-refractivity contribution in [2.24, 2.45) is 0 Å². The van der Waals surface area contributed by atoms with Crippen LogP contribution in [0.3, 0.4) is 0 Å². The molecule has 40 heavy (non-hydrogen) atoms. The SMILES string of the molecule is CCCC(F)(F)c1cc2c(cn1)C(C)(C)CN2C(=O)CN1C[C@@H](C)N(C(=O)OC(C)(C)C)C[C@@H]1Cc1nccs1. The summed E-state index contributed by atoms with van der Waals surface area (Å²) in [6, 6.07) is 1.06. The molecule has 8 nitrogen and oxygen atoms in total. The van der Waals surface area contributed by atoms with Crippen LogP contribution in [-0.2, 0) is 27.3 Å². The zero-order valence-electron chi connectivity index (χ0n) is 24.5. The van der Waals surface area contributed by atoms with Crippen molar-refractivity contribution in [3.63, 3.8) is 0 Å². The molecule has 2 amide bonds. The summed E-state index contributed by atoms with van der Waals surface area (Å²) in [6.45, 7) is 14.5. The highest BCUT2D eigenvalue weighted by Crippen LogP contribution is 2.43. The van der Waals surface area contributed by atoms with Crippen molar-refractivity contribution in [3.8, 4) is 0 Å². The lowest BCUT2D eigenvalue weighted by Crippen LogP contribution is -2.61. The molecule has 0 saturated carbocycles. The topological polar surface area (TPSA) is 78.9 Å². The molecule has 4 rings (SSSR count). The molecule has 2 aliphatic rings. The maximum atomic E-state index is 14.8. The predicted molar refractivity (Wildman–Crippen MR) is 152 cm³/mol. The van der Waals surface area contributed by atoms with E-state index in [1.54, 1.807) is 22.9 Å². The minimum Gasteiger partial charge on any atom is -0.444 e. The van der Waals surface area contributed by atoms with E-state index in [0.717, 1.165) is 10.6 Å². The highest BCUT2D eigenvalue weighted by molar-refractivity contribution is 7.09. The molecule has 0 aliphatic carbocycles. The molecule has 2 aromatic rings. The van der Waals surface area contributed by atoms with Crippen LogP contribution in [0.5, 0.6) is 0 Å². The van der Waals surface area contributed by atoms with Crippen LogP contribution < -0.4 is 4.90 Å². The fourth-order valence-electron chi connectivity index (χ4n) is 5.51. The van der Waals surface area contributed by atoms with Crippen molar-refractivity contribution < 1.29 is 23.1 Å². The number of piperazine rings is 1. The normalized spacial score (nSPS) is 21.4. The largest absolute Gasteiger partial charge is 0.444 e. The van der Waals surface area contributed by atoms with Gasteiger partial charge in [0.2, 0.25) is 5.91 Å². The molecule has 0 unspecified atom stereocenters. The van der Waals surface area contributed by atoms with E-state index >= 15 is 0 Å². The zero-order chi connectivity index (χ0) is 29.5. The molecule has 2 aromatic heterocycles. The van der Waals surface area contributed by atoms with E-state index in [0.29, 0.717) is 38.2 Å². The second kappa shape index (κ2) is 11.3. The van der Waals surface area contributed by atoms with Crippen molar-refractivity contribution in [1.82, 2.24) is 19.8 Å². The Balaban J connectivity index is 1.58. The Morgan fingerprint density at radius 1 is 1.20 bits per heavy atom. The molecule has 0 bridgehead atoms. The standard InChI is InChI=1S/C29H41F2N5O3S/c1-8-9-29(30,31)23-13-22-21(14-33-23)28(6,7)18-36(22)25(37)17-34-15-19(2)35(26(38)39-27(3,4)5)16-20(34)12-24-32-10-11-40-24/h10-11,13-14,19-20H,8-9,12,15-18H2,1-7H3/t19-,20+/m1/s1. The number of hydrogen-bond donors (Lipinski definition) is 0. The van der Waals surface area contributed by atoms with Gasteiger partial charge in [0.25, 0.3) is 5.92 Å². The molecular formula is C29H41F2N5O3S. The van der Waals surface area contributed by atoms with Gasteiger partial charge in [-0.2, -0.15) is 8.78 Å². The monoisotopic (exact) mass is 577 g/mol. The van der Waals surface area contributed by atoms with Crippen LogP contribution in [0.2, 0.25) is 0 Å². The average molecular weight is 578 g/mol. The first-order valence-electron chi connectivity index (χ1n) is 13.9. The van der Waals surface area contributed by atoms with Gasteiger partial charge in [0.1, 0.15) is 11.3 Å². The first kappa shape index (κ1) is 30.3. The molecule has 0 radical (unpaired) electrons. The molecule has 0 N–H and O–H groups in total. The number of nitrogens with zero attached hydrogens (tertiary/aromatic N) is 5. The summed E-state index contributed by atoms with van der Waals surface area (Å²) in [6.07, 6.45) is 3.49. The van der Waals surface area contributed by atoms with Gasteiger partial charge < -0.3 is 14.5 Å². The lowest BCUT2D eigenvalue weighted by Gasteiger charge is -2.45. The number of anilines is 1. The Morgan fingerprint density at radius 2 is 1.93 bits per heavy atom. The van der Waals surface area contributed by atoms with E-state index in [2.05, 4.69) is 14.9 Å². The van der Waals surface area contributed by atoms with Gasteiger partial charge in [-0.05, 0) is 33.8 Å². The molecule has 220 valence electrons. The van der Waals surface area contributed by atoms with Crippen LogP contribution in [0.4, 0.5) is 19.3 Å². The summed E-state index contributed by atoms with van der Waals surface area (Å²) in [4.78, 5) is 40.9. The summed E-state index contributed by atoms with van der Waals surface area (Å²) in [7, 11) is 0. The van der Waals surface area contributed by atoms with Crippen LogP contribution >= 0.6 is 11.3 Å². The Hall–Kier alpha value is -2.66. The van der Waals surface area contributed by atoms with E-state index < -0.39 is 16.9 Å². The average Bonchev–Trinajstić information content (AvgIpc) is 3.45. The van der Waals surface area contributed by atoms with Gasteiger partial charge in [-0.1, -0.05) is 27.2 Å². The van der Waals surface area contributed by atoms with E-state index in [4.69, 9.17) is 4.74 Å². The maximum Gasteiger partial charge on any atom is 0.410 e. The lowest BCUT2D eigenvalue weighted by molar-refractivity contribution is -0.121. The third-order valence-corrected chi connectivity index (χ3v) is 8.31. The van der Waals surface area contributed by atoms with E-state index in [1.807, 2.05) is 46.9 Å². The minimum absolute atomic E-state index is 0.0983. The highest BCUT2D eigenvalue weighted by Gasteiger charge is 2.43. The van der Waals surface area contributed by atoms with Crippen LogP contribution in [0.25, 0.3) is 0 Å². The Labute approximate surface area is 239 Å². The molecule has 11 heteroatoms. The third-order valence-electron chi connectivity index (χ3n) is 7.51. The summed E-state index contributed by atoms with van der Waals surface area (Å²) < 4.78 is 35.2. The first-order chi connectivity index (χ1) is 18.6. The highest BCUT2D eigenvalue weighted by atomic mass is 32.1. The quantitative estimate of drug-likeness (QED) is 0.426. The van der Waals surface area contributed by atoms with Crippen LogP contribution in [0.15, 0.2) is 23.8 Å². The van der Waals surface area contributed by atoms with Gasteiger partial charge in [-0.3, -0.25) is 14.7 Å². The molecule has 1 saturated heterocycles. The minimum atomic E-state index is -3.06. The van der Waals surface area contributed by atoms with Crippen LogP contribution in [0, 0.1) is 0 Å². The summed E-state index contributed by atoms with van der Waals surface area (Å²) in [5, 5.41) is 2.83. The number of alkyl halides is 2. The molecule has 2 aliphatic heterocycles. The molecule has 0 spiro atoms. The van der Waals surface area contributed by atoms with Gasteiger partial charge in [-0.15, -0.1) is 11.3 Å². The number of carbonyl (C=O) groups is 2. The smallest absolute Gasteiger partial charge is 0.410 e. The fraction of sp³-hybridized carbons (Fsp3) is 0.655. The van der Waals surface area contributed by atoms with Gasteiger partial charge in [0.15, 0.2) is 0 Å². The Bertz CT molecular complexity index is 1210. The lowest BCUT2D eigenvalue weighted by atomic mass is 9.88. The fourth-order valence-corrected chi connectivity index (χ4v) is 6.20. The molecule has 0 aromatic carbocycles. The number of rotatable bonds is 7. The summed E-state index contributed by atoms with van der Waals surface area (Å²) in [5.41, 5.74) is -0.0387. The van der Waals surface area contributed by atoms with Crippen LogP contribution in [0.1, 0.15) is 77.6 Å². The number of aromatic nitrogens is 2. The number of hydrogen-bond acceptors (Lipinski definition) is 7. The number of ether oxygens (including phenoxy) is 1. The maximum absolute atomic E-state index is 14.8. The number of carbonyl (C=O) groups excluding carboxylic acids is 2. The van der Waals surface area contributed by atoms with Gasteiger partial charge in [0.05, 0.1) is 17.2 Å². The predicted octanol–water partition coefficient (Wildman–Crippen LogP) is 5.61. The van der Waals surface area contributed by atoms with Gasteiger partial charge in [0, 0.05) is 73.3 Å². The first-order valence-corrected chi connectivity index (χ1v) is 14.8. The van der Waals surface area contributed by atoms with E-state index in [-0.39, 0.29) is 42.7 Å². The van der Waals surface area contributed by atoms with E-state index in [1.165, 1.54) is 23.6 Å². The Kier molecular flexibility index (Phi) is 8.57. The van der Waals surface area contributed by atoms with Gasteiger partial charge in [-0.25, -0.2) is 9.78 Å². The number of pyridine rings is 1. The number of thiazole rings is 1. The second-order valence-corrected chi connectivity index (χ2v) is 13.6. The molecule has 1 fully saturated rings. The van der Waals surface area contributed by atoms with Crippen molar-refractivity contribution in [2.75, 3.05) is 31.1 Å². The number of amides is 2. The number of fused-ring (bicyclic) bond motifs is 1. The van der Waals surface area contributed by atoms with E-state index in [9.17, 15) is 18.4 Å². The summed E-state index contributed by atoms with van der Waals surface area (Å²) in [5.74, 6) is -3.22. The molecule has 2 atom stereocenters. The Morgan fingerprint density at radius 3 is 2.55 bits per heavy atom. The van der Waals surface area contributed by atoms with Crippen molar-refractivity contribution >= 4 is 29.0 Å². The van der Waals surface area contributed by atoms with Crippen molar-refractivity contribution in [2.45, 2.75) is 96.8 Å². The van der Waals surface area contributed by atoms with Crippen LogP contribution in [-0.4, -0.2) is 75.6 Å². The molecule has 4 heterocycles. The third kappa shape index (κ3) is 6.62. The number of halogens is 2. The molecular weight excluding hydrogens is 536 g/mol. The summed E-state index contributed by atoms with van der Waals surface area (Å²) >= 11 is 1.54.